The van der Waals surface area contributed by atoms with Crippen LogP contribution in [0.3, 0.4) is 0 Å². The Kier molecular flexibility index (Phi) is 6.41. The maximum atomic E-state index is 13.0. The van der Waals surface area contributed by atoms with Crippen molar-refractivity contribution in [2.45, 2.75) is 30.3 Å². The molecule has 1 aromatic heterocycles. The first kappa shape index (κ1) is 21.2. The second-order valence-corrected chi connectivity index (χ2v) is 11.0. The molecule has 152 valence electrons. The molecule has 1 aliphatic heterocycles. The molecule has 1 saturated heterocycles. The molecule has 10 heteroatoms. The minimum atomic E-state index is -3.81. The Morgan fingerprint density at radius 1 is 1.18 bits per heavy atom. The summed E-state index contributed by atoms with van der Waals surface area (Å²) in [7, 11) is -7.36. The van der Waals surface area contributed by atoms with Crippen LogP contribution in [0.4, 0.5) is 0 Å². The third-order valence-corrected chi connectivity index (χ3v) is 8.35. The highest BCUT2D eigenvalue weighted by molar-refractivity contribution is 7.89. The van der Waals surface area contributed by atoms with Gasteiger partial charge < -0.3 is 0 Å². The molecule has 1 atom stereocenters. The van der Waals surface area contributed by atoms with Crippen LogP contribution in [0.5, 0.6) is 0 Å². The number of halogens is 1. The monoisotopic (exact) mass is 443 g/mol. The van der Waals surface area contributed by atoms with Crippen molar-refractivity contribution in [3.63, 3.8) is 0 Å². The fourth-order valence-electron chi connectivity index (χ4n) is 3.36. The highest BCUT2D eigenvalue weighted by atomic mass is 35.5. The minimum Gasteiger partial charge on any atom is -0.264 e. The lowest BCUT2D eigenvalue weighted by Gasteiger charge is -2.37. The van der Waals surface area contributed by atoms with Crippen molar-refractivity contribution in [2.24, 2.45) is 0 Å². The second-order valence-electron chi connectivity index (χ2n) is 6.76. The van der Waals surface area contributed by atoms with Crippen LogP contribution in [0.25, 0.3) is 0 Å². The number of hydrogen-bond acceptors (Lipinski definition) is 5. The summed E-state index contributed by atoms with van der Waals surface area (Å²) in [5, 5.41) is 0.153. The van der Waals surface area contributed by atoms with Crippen LogP contribution in [-0.2, 0) is 26.6 Å². The van der Waals surface area contributed by atoms with Gasteiger partial charge in [0, 0.05) is 38.1 Å². The summed E-state index contributed by atoms with van der Waals surface area (Å²) in [5.74, 6) is 0. The van der Waals surface area contributed by atoms with Gasteiger partial charge in [0.05, 0.1) is 11.3 Å². The van der Waals surface area contributed by atoms with Crippen LogP contribution in [0.15, 0.2) is 53.7 Å². The van der Waals surface area contributed by atoms with Crippen molar-refractivity contribution in [1.29, 1.82) is 0 Å². The van der Waals surface area contributed by atoms with Crippen LogP contribution in [-0.4, -0.2) is 55.8 Å². The van der Waals surface area contributed by atoms with Crippen molar-refractivity contribution in [3.05, 3.63) is 59.4 Å². The van der Waals surface area contributed by atoms with Gasteiger partial charge in [-0.25, -0.2) is 16.8 Å². The number of nitrogens with zero attached hydrogens (tertiary/aromatic N) is 3. The minimum absolute atomic E-state index is 0.0375. The van der Waals surface area contributed by atoms with Crippen molar-refractivity contribution in [2.75, 3.05) is 19.3 Å². The number of benzene rings is 1. The Morgan fingerprint density at radius 2 is 1.93 bits per heavy atom. The first-order valence-electron chi connectivity index (χ1n) is 8.80. The van der Waals surface area contributed by atoms with Gasteiger partial charge in [-0.15, -0.1) is 0 Å². The van der Waals surface area contributed by atoms with Gasteiger partial charge in [-0.05, 0) is 36.6 Å². The number of sulfonamides is 2. The summed E-state index contributed by atoms with van der Waals surface area (Å²) in [6.07, 6.45) is 5.52. The Morgan fingerprint density at radius 3 is 2.57 bits per heavy atom. The van der Waals surface area contributed by atoms with Gasteiger partial charge in [0.2, 0.25) is 20.0 Å². The summed E-state index contributed by atoms with van der Waals surface area (Å²) in [6.45, 7) is 0.562. The summed E-state index contributed by atoms with van der Waals surface area (Å²) < 4.78 is 53.6. The smallest absolute Gasteiger partial charge is 0.244 e. The van der Waals surface area contributed by atoms with Gasteiger partial charge >= 0.3 is 0 Å². The Labute approximate surface area is 171 Å². The Bertz CT molecular complexity index is 1030. The highest BCUT2D eigenvalue weighted by Gasteiger charge is 2.36. The molecule has 0 aliphatic carbocycles. The molecule has 0 bridgehead atoms. The van der Waals surface area contributed by atoms with E-state index in [1.807, 2.05) is 0 Å². The third-order valence-electron chi connectivity index (χ3n) is 4.71. The van der Waals surface area contributed by atoms with E-state index in [0.717, 1.165) is 11.8 Å². The topological polar surface area (TPSA) is 87.7 Å². The lowest BCUT2D eigenvalue weighted by atomic mass is 10.1. The zero-order valence-corrected chi connectivity index (χ0v) is 17.8. The van der Waals surface area contributed by atoms with E-state index in [4.69, 9.17) is 11.6 Å². The second kappa shape index (κ2) is 8.46. The molecular weight excluding hydrogens is 422 g/mol. The molecule has 0 radical (unpaired) electrons. The SMILES string of the molecule is CS(=O)(=O)N(Cc1cccnc1)C1CCCN(S(=O)(=O)c2ccccc2Cl)C1. The maximum Gasteiger partial charge on any atom is 0.244 e. The lowest BCUT2D eigenvalue weighted by molar-refractivity contribution is 0.206. The molecule has 28 heavy (non-hydrogen) atoms. The van der Waals surface area contributed by atoms with Crippen LogP contribution in [0, 0.1) is 0 Å². The van der Waals surface area contributed by atoms with Gasteiger partial charge in [-0.2, -0.15) is 8.61 Å². The zero-order valence-electron chi connectivity index (χ0n) is 15.4. The van der Waals surface area contributed by atoms with Crippen molar-refractivity contribution in [3.8, 4) is 0 Å². The Hall–Kier alpha value is -1.52. The van der Waals surface area contributed by atoms with Crippen molar-refractivity contribution in [1.82, 2.24) is 13.6 Å². The molecule has 0 N–H and O–H groups in total. The number of rotatable bonds is 6. The van der Waals surface area contributed by atoms with Crippen molar-refractivity contribution >= 4 is 31.6 Å². The lowest BCUT2D eigenvalue weighted by Crippen LogP contribution is -2.51. The van der Waals surface area contributed by atoms with E-state index in [-0.39, 0.29) is 23.0 Å². The fraction of sp³-hybridized carbons (Fsp3) is 0.389. The van der Waals surface area contributed by atoms with Crippen LogP contribution in [0.2, 0.25) is 5.02 Å². The predicted molar refractivity (Wildman–Crippen MR) is 108 cm³/mol. The molecule has 2 aromatic rings. The van der Waals surface area contributed by atoms with E-state index in [2.05, 4.69) is 4.98 Å². The zero-order chi connectivity index (χ0) is 20.4. The Balaban J connectivity index is 1.87. The molecule has 0 amide bonds. The summed E-state index contributed by atoms with van der Waals surface area (Å²) in [6, 6.07) is 9.36. The van der Waals surface area contributed by atoms with E-state index in [1.165, 1.54) is 20.7 Å². The summed E-state index contributed by atoms with van der Waals surface area (Å²) in [5.41, 5.74) is 0.749. The van der Waals surface area contributed by atoms with Crippen LogP contribution in [0.1, 0.15) is 18.4 Å². The van der Waals surface area contributed by atoms with Gasteiger partial charge in [-0.3, -0.25) is 4.98 Å². The van der Waals surface area contributed by atoms with Crippen LogP contribution >= 0.6 is 11.6 Å². The largest absolute Gasteiger partial charge is 0.264 e. The van der Waals surface area contributed by atoms with Gasteiger partial charge in [-0.1, -0.05) is 29.8 Å². The summed E-state index contributed by atoms with van der Waals surface area (Å²) >= 11 is 6.09. The number of pyridine rings is 1. The average molecular weight is 444 g/mol. The van der Waals surface area contributed by atoms with E-state index < -0.39 is 26.1 Å². The first-order chi connectivity index (χ1) is 13.2. The fourth-order valence-corrected chi connectivity index (χ4v) is 6.46. The highest BCUT2D eigenvalue weighted by Crippen LogP contribution is 2.28. The molecule has 3 rings (SSSR count). The average Bonchev–Trinajstić information content (AvgIpc) is 2.66. The van der Waals surface area contributed by atoms with E-state index in [9.17, 15) is 16.8 Å². The molecule has 1 fully saturated rings. The molecule has 2 heterocycles. The summed E-state index contributed by atoms with van der Waals surface area (Å²) in [4.78, 5) is 4.06. The maximum absolute atomic E-state index is 13.0. The van der Waals surface area contributed by atoms with Gasteiger partial charge in [0.1, 0.15) is 4.90 Å². The molecule has 7 nitrogen and oxygen atoms in total. The standard InChI is InChI=1S/C18H22ClN3O4S2/c1-27(23,24)22(13-15-6-4-10-20-12-15)16-7-5-11-21(14-16)28(25,26)18-9-3-2-8-17(18)19/h2-4,6,8-10,12,16H,5,7,11,13-14H2,1H3. The molecule has 0 saturated carbocycles. The number of aromatic nitrogens is 1. The number of hydrogen-bond donors (Lipinski definition) is 0. The van der Waals surface area contributed by atoms with Gasteiger partial charge in [0.25, 0.3) is 0 Å². The van der Waals surface area contributed by atoms with E-state index >= 15 is 0 Å². The molecule has 1 aliphatic rings. The van der Waals surface area contributed by atoms with Crippen LogP contribution < -0.4 is 0 Å². The third kappa shape index (κ3) is 4.72. The van der Waals surface area contributed by atoms with E-state index in [0.29, 0.717) is 19.4 Å². The normalized spacial score (nSPS) is 19.0. The quantitative estimate of drug-likeness (QED) is 0.683. The van der Waals surface area contributed by atoms with Gasteiger partial charge in [0.15, 0.2) is 0 Å². The van der Waals surface area contributed by atoms with Crippen molar-refractivity contribution < 1.29 is 16.8 Å². The molecule has 1 unspecified atom stereocenters. The molecule has 0 spiro atoms. The molecular formula is C18H22ClN3O4S2. The first-order valence-corrected chi connectivity index (χ1v) is 12.5. The predicted octanol–water partition coefficient (Wildman–Crippen LogP) is 2.35. The number of piperidine rings is 1. The molecule has 1 aromatic carbocycles. The van der Waals surface area contributed by atoms with E-state index in [1.54, 1.807) is 36.7 Å².